The van der Waals surface area contributed by atoms with E-state index in [9.17, 15) is 9.59 Å². The van der Waals surface area contributed by atoms with Gasteiger partial charge in [-0.3, -0.25) is 14.3 Å². The Kier molecular flexibility index (Phi) is 5.30. The molecule has 1 atom stereocenters. The van der Waals surface area contributed by atoms with E-state index in [4.69, 9.17) is 5.11 Å². The third-order valence-corrected chi connectivity index (χ3v) is 3.32. The summed E-state index contributed by atoms with van der Waals surface area (Å²) < 4.78 is 1.75. The first kappa shape index (κ1) is 15.8. The van der Waals surface area contributed by atoms with Crippen molar-refractivity contribution in [2.24, 2.45) is 0 Å². The zero-order valence-corrected chi connectivity index (χ0v) is 12.4. The van der Waals surface area contributed by atoms with Gasteiger partial charge in [0.15, 0.2) is 0 Å². The zero-order valence-electron chi connectivity index (χ0n) is 12.4. The second-order valence-corrected chi connectivity index (χ2v) is 5.17. The van der Waals surface area contributed by atoms with Crippen molar-refractivity contribution in [3.8, 4) is 0 Å². The minimum atomic E-state index is -0.861. The lowest BCUT2D eigenvalue weighted by atomic mass is 10.1. The number of carboxylic acid groups (broad SMARTS) is 1. The summed E-state index contributed by atoms with van der Waals surface area (Å²) in [6, 6.07) is 8.97. The van der Waals surface area contributed by atoms with Gasteiger partial charge in [-0.1, -0.05) is 18.2 Å². The number of benzene rings is 1. The van der Waals surface area contributed by atoms with Crippen molar-refractivity contribution in [3.63, 3.8) is 0 Å². The first-order valence-electron chi connectivity index (χ1n) is 7.14. The molecule has 1 aromatic carbocycles. The molecule has 1 aromatic heterocycles. The number of hydrogen-bond acceptors (Lipinski definition) is 3. The predicted octanol–water partition coefficient (Wildman–Crippen LogP) is 1.91. The number of carbonyl (C=O) groups excluding carboxylic acids is 1. The monoisotopic (exact) mass is 301 g/mol. The van der Waals surface area contributed by atoms with Crippen LogP contribution >= 0.6 is 0 Å². The molecule has 2 rings (SSSR count). The Balaban J connectivity index is 2.04. The second kappa shape index (κ2) is 7.40. The highest BCUT2D eigenvalue weighted by Crippen LogP contribution is 2.11. The Morgan fingerprint density at radius 1 is 1.32 bits per heavy atom. The molecule has 1 amide bonds. The van der Waals surface area contributed by atoms with Gasteiger partial charge in [0.2, 0.25) is 0 Å². The van der Waals surface area contributed by atoms with Crippen molar-refractivity contribution in [2.45, 2.75) is 32.4 Å². The first-order valence-corrected chi connectivity index (χ1v) is 7.14. The van der Waals surface area contributed by atoms with E-state index in [-0.39, 0.29) is 18.4 Å². The molecule has 0 bridgehead atoms. The Bertz CT molecular complexity index is 638. The van der Waals surface area contributed by atoms with E-state index in [1.807, 2.05) is 30.5 Å². The van der Waals surface area contributed by atoms with Crippen LogP contribution in [0.15, 0.2) is 42.7 Å². The highest BCUT2D eigenvalue weighted by molar-refractivity contribution is 5.95. The van der Waals surface area contributed by atoms with Gasteiger partial charge in [-0.15, -0.1) is 0 Å². The molecule has 116 valence electrons. The van der Waals surface area contributed by atoms with Gasteiger partial charge in [0.05, 0.1) is 6.54 Å². The molecule has 0 saturated heterocycles. The molecule has 6 heteroatoms. The SMILES string of the molecule is CC(CCC(=O)O)NC(=O)c1ccccc1Cn1cccn1. The number of carbonyl (C=O) groups is 2. The number of amides is 1. The molecular weight excluding hydrogens is 282 g/mol. The topological polar surface area (TPSA) is 84.2 Å². The van der Waals surface area contributed by atoms with Crippen molar-refractivity contribution in [1.29, 1.82) is 0 Å². The van der Waals surface area contributed by atoms with Gasteiger partial charge >= 0.3 is 5.97 Å². The Labute approximate surface area is 128 Å². The highest BCUT2D eigenvalue weighted by atomic mass is 16.4. The molecule has 0 aliphatic carbocycles. The number of carboxylic acids is 1. The number of aliphatic carboxylic acids is 1. The molecule has 0 saturated carbocycles. The summed E-state index contributed by atoms with van der Waals surface area (Å²) >= 11 is 0. The Hall–Kier alpha value is -2.63. The molecule has 2 aromatic rings. The van der Waals surface area contributed by atoms with Crippen LogP contribution in [0.3, 0.4) is 0 Å². The van der Waals surface area contributed by atoms with E-state index < -0.39 is 5.97 Å². The van der Waals surface area contributed by atoms with Gasteiger partial charge in [-0.25, -0.2) is 0 Å². The molecule has 0 fully saturated rings. The van der Waals surface area contributed by atoms with Gasteiger partial charge in [0.1, 0.15) is 0 Å². The lowest BCUT2D eigenvalue weighted by molar-refractivity contribution is -0.137. The molecule has 0 aliphatic rings. The van der Waals surface area contributed by atoms with Crippen LogP contribution in [0.5, 0.6) is 0 Å². The van der Waals surface area contributed by atoms with Crippen LogP contribution in [0, 0.1) is 0 Å². The minimum absolute atomic E-state index is 0.0381. The molecule has 1 heterocycles. The van der Waals surface area contributed by atoms with Crippen LogP contribution in [0.1, 0.15) is 35.7 Å². The van der Waals surface area contributed by atoms with Gasteiger partial charge in [-0.2, -0.15) is 5.10 Å². The summed E-state index contributed by atoms with van der Waals surface area (Å²) in [6.07, 6.45) is 3.97. The quantitative estimate of drug-likeness (QED) is 0.818. The van der Waals surface area contributed by atoms with E-state index in [2.05, 4.69) is 10.4 Å². The van der Waals surface area contributed by atoms with Gasteiger partial charge in [0, 0.05) is 30.4 Å². The molecule has 6 nitrogen and oxygen atoms in total. The second-order valence-electron chi connectivity index (χ2n) is 5.17. The minimum Gasteiger partial charge on any atom is -0.481 e. The van der Waals surface area contributed by atoms with Crippen LogP contribution < -0.4 is 5.32 Å². The van der Waals surface area contributed by atoms with E-state index >= 15 is 0 Å². The average Bonchev–Trinajstić information content (AvgIpc) is 2.98. The fraction of sp³-hybridized carbons (Fsp3) is 0.312. The van der Waals surface area contributed by atoms with E-state index in [1.165, 1.54) is 0 Å². The normalized spacial score (nSPS) is 11.9. The van der Waals surface area contributed by atoms with Crippen molar-refractivity contribution in [1.82, 2.24) is 15.1 Å². The highest BCUT2D eigenvalue weighted by Gasteiger charge is 2.14. The lowest BCUT2D eigenvalue weighted by Crippen LogP contribution is -2.33. The molecule has 22 heavy (non-hydrogen) atoms. The number of hydrogen-bond donors (Lipinski definition) is 2. The van der Waals surface area contributed by atoms with Crippen molar-refractivity contribution in [2.75, 3.05) is 0 Å². The van der Waals surface area contributed by atoms with Crippen LogP contribution in [0.25, 0.3) is 0 Å². The first-order chi connectivity index (χ1) is 10.6. The molecule has 2 N–H and O–H groups in total. The summed E-state index contributed by atoms with van der Waals surface area (Å²) in [5.41, 5.74) is 1.45. The maximum Gasteiger partial charge on any atom is 0.303 e. The van der Waals surface area contributed by atoms with Crippen molar-refractivity contribution >= 4 is 11.9 Å². The zero-order chi connectivity index (χ0) is 15.9. The van der Waals surface area contributed by atoms with Crippen LogP contribution in [0.4, 0.5) is 0 Å². The smallest absolute Gasteiger partial charge is 0.303 e. The van der Waals surface area contributed by atoms with Gasteiger partial charge in [0.25, 0.3) is 5.91 Å². The number of aromatic nitrogens is 2. The summed E-state index contributed by atoms with van der Waals surface area (Å²) in [5.74, 6) is -1.05. The summed E-state index contributed by atoms with van der Waals surface area (Å²) in [7, 11) is 0. The number of nitrogens with zero attached hydrogens (tertiary/aromatic N) is 2. The lowest BCUT2D eigenvalue weighted by Gasteiger charge is -2.15. The summed E-state index contributed by atoms with van der Waals surface area (Å²) in [6.45, 7) is 2.32. The Morgan fingerprint density at radius 2 is 2.09 bits per heavy atom. The predicted molar refractivity (Wildman–Crippen MR) is 81.6 cm³/mol. The van der Waals surface area contributed by atoms with E-state index in [0.717, 1.165) is 5.56 Å². The standard InChI is InChI=1S/C16H19N3O3/c1-12(7-8-15(20)21)18-16(22)14-6-3-2-5-13(14)11-19-10-4-9-17-19/h2-6,9-10,12H,7-8,11H2,1H3,(H,18,22)(H,20,21). The number of rotatable bonds is 7. The molecule has 1 unspecified atom stereocenters. The maximum absolute atomic E-state index is 12.4. The molecular formula is C16H19N3O3. The van der Waals surface area contributed by atoms with Crippen LogP contribution in [0.2, 0.25) is 0 Å². The molecule has 0 spiro atoms. The fourth-order valence-electron chi connectivity index (χ4n) is 2.16. The number of nitrogens with one attached hydrogen (secondary N) is 1. The summed E-state index contributed by atoms with van der Waals surface area (Å²) in [4.78, 5) is 22.9. The largest absolute Gasteiger partial charge is 0.481 e. The third kappa shape index (κ3) is 4.44. The van der Waals surface area contributed by atoms with E-state index in [0.29, 0.717) is 18.5 Å². The average molecular weight is 301 g/mol. The molecule has 0 radical (unpaired) electrons. The van der Waals surface area contributed by atoms with Crippen molar-refractivity contribution < 1.29 is 14.7 Å². The third-order valence-electron chi connectivity index (χ3n) is 3.32. The van der Waals surface area contributed by atoms with Crippen molar-refractivity contribution in [3.05, 3.63) is 53.9 Å². The Morgan fingerprint density at radius 3 is 2.77 bits per heavy atom. The fourth-order valence-corrected chi connectivity index (χ4v) is 2.16. The van der Waals surface area contributed by atoms with Crippen LogP contribution in [-0.2, 0) is 11.3 Å². The van der Waals surface area contributed by atoms with Crippen LogP contribution in [-0.4, -0.2) is 32.8 Å². The van der Waals surface area contributed by atoms with Gasteiger partial charge < -0.3 is 10.4 Å². The van der Waals surface area contributed by atoms with E-state index in [1.54, 1.807) is 23.9 Å². The summed E-state index contributed by atoms with van der Waals surface area (Å²) in [5, 5.41) is 15.7. The van der Waals surface area contributed by atoms with Gasteiger partial charge in [-0.05, 0) is 31.0 Å². The maximum atomic E-state index is 12.4. The molecule has 0 aliphatic heterocycles.